The molecule has 0 aliphatic rings. The molecular weight excluding hydrogens is 154 g/mol. The maximum absolute atomic E-state index is 5.45. The molecule has 0 saturated carbocycles. The van der Waals surface area contributed by atoms with E-state index in [0.717, 1.165) is 25.4 Å². The maximum Gasteiger partial charge on any atom is 0.180 e. The summed E-state index contributed by atoms with van der Waals surface area (Å²) in [6, 6.07) is 0. The van der Waals surface area contributed by atoms with E-state index >= 15 is 0 Å². The minimum atomic E-state index is 0.683. The molecule has 1 rings (SSSR count). The first-order valence-corrected chi connectivity index (χ1v) is 4.16. The lowest BCUT2D eigenvalue weighted by Gasteiger charge is -2.16. The van der Waals surface area contributed by atoms with Gasteiger partial charge in [-0.1, -0.05) is 6.92 Å². The third-order valence-corrected chi connectivity index (χ3v) is 1.76. The van der Waals surface area contributed by atoms with E-state index in [9.17, 15) is 0 Å². The SMILES string of the molecule is CCN(CCN)Cc1cnco1. The summed E-state index contributed by atoms with van der Waals surface area (Å²) in [5.41, 5.74) is 5.45. The molecule has 0 spiro atoms. The molecule has 0 radical (unpaired) electrons. The standard InChI is InChI=1S/C8H15N3O/c1-2-11(4-3-9)6-8-5-10-7-12-8/h5,7H,2-4,6,9H2,1H3. The number of nitrogens with two attached hydrogens (primary N) is 1. The molecule has 1 aromatic rings. The van der Waals surface area contributed by atoms with E-state index in [1.54, 1.807) is 6.20 Å². The number of hydrogen-bond donors (Lipinski definition) is 1. The fourth-order valence-electron chi connectivity index (χ4n) is 1.07. The van der Waals surface area contributed by atoms with Crippen molar-refractivity contribution < 1.29 is 4.42 Å². The van der Waals surface area contributed by atoms with Crippen LogP contribution in [0, 0.1) is 0 Å². The van der Waals surface area contributed by atoms with Gasteiger partial charge in [-0.3, -0.25) is 4.90 Å². The Morgan fingerprint density at radius 3 is 3.00 bits per heavy atom. The van der Waals surface area contributed by atoms with Crippen molar-refractivity contribution in [1.82, 2.24) is 9.88 Å². The Labute approximate surface area is 72.4 Å². The highest BCUT2D eigenvalue weighted by atomic mass is 16.3. The molecule has 0 aliphatic carbocycles. The lowest BCUT2D eigenvalue weighted by molar-refractivity contribution is 0.262. The molecule has 1 heterocycles. The second-order valence-corrected chi connectivity index (χ2v) is 2.63. The molecular formula is C8H15N3O. The van der Waals surface area contributed by atoms with Crippen LogP contribution in [0.2, 0.25) is 0 Å². The topological polar surface area (TPSA) is 55.3 Å². The Morgan fingerprint density at radius 1 is 1.67 bits per heavy atom. The van der Waals surface area contributed by atoms with Crippen LogP contribution in [0.15, 0.2) is 17.0 Å². The summed E-state index contributed by atoms with van der Waals surface area (Å²) in [5.74, 6) is 0.894. The average molecular weight is 169 g/mol. The Bertz CT molecular complexity index is 198. The number of nitrogens with zero attached hydrogens (tertiary/aromatic N) is 2. The minimum Gasteiger partial charge on any atom is -0.447 e. The van der Waals surface area contributed by atoms with Crippen LogP contribution in [0.5, 0.6) is 0 Å². The van der Waals surface area contributed by atoms with E-state index < -0.39 is 0 Å². The number of likely N-dealkylation sites (N-methyl/N-ethyl adjacent to an activating group) is 1. The Balaban J connectivity index is 2.37. The highest BCUT2D eigenvalue weighted by Gasteiger charge is 2.03. The van der Waals surface area contributed by atoms with Crippen molar-refractivity contribution in [3.8, 4) is 0 Å². The summed E-state index contributed by atoms with van der Waals surface area (Å²) >= 11 is 0. The van der Waals surface area contributed by atoms with Gasteiger partial charge >= 0.3 is 0 Å². The van der Waals surface area contributed by atoms with Crippen molar-refractivity contribution in [3.63, 3.8) is 0 Å². The number of oxazole rings is 1. The largest absolute Gasteiger partial charge is 0.447 e. The maximum atomic E-state index is 5.45. The predicted molar refractivity (Wildman–Crippen MR) is 46.5 cm³/mol. The first-order chi connectivity index (χ1) is 5.86. The van der Waals surface area contributed by atoms with E-state index in [4.69, 9.17) is 10.2 Å². The van der Waals surface area contributed by atoms with E-state index in [1.807, 2.05) is 0 Å². The lowest BCUT2D eigenvalue weighted by atomic mass is 10.4. The molecule has 0 bridgehead atoms. The van der Waals surface area contributed by atoms with Gasteiger partial charge in [-0.25, -0.2) is 4.98 Å². The van der Waals surface area contributed by atoms with Gasteiger partial charge in [0.25, 0.3) is 0 Å². The van der Waals surface area contributed by atoms with Crippen molar-refractivity contribution in [2.75, 3.05) is 19.6 Å². The molecule has 0 aliphatic heterocycles. The van der Waals surface area contributed by atoms with Gasteiger partial charge in [-0.2, -0.15) is 0 Å². The zero-order valence-electron chi connectivity index (χ0n) is 7.36. The smallest absolute Gasteiger partial charge is 0.180 e. The fraction of sp³-hybridized carbons (Fsp3) is 0.625. The van der Waals surface area contributed by atoms with E-state index in [2.05, 4.69) is 16.8 Å². The zero-order valence-corrected chi connectivity index (χ0v) is 7.36. The second kappa shape index (κ2) is 4.90. The number of aromatic nitrogens is 1. The highest BCUT2D eigenvalue weighted by Crippen LogP contribution is 2.01. The third kappa shape index (κ3) is 2.64. The van der Waals surface area contributed by atoms with Crippen LogP contribution in [-0.4, -0.2) is 29.5 Å². The Morgan fingerprint density at radius 2 is 2.50 bits per heavy atom. The monoisotopic (exact) mass is 169 g/mol. The molecule has 12 heavy (non-hydrogen) atoms. The van der Waals surface area contributed by atoms with Gasteiger partial charge in [0.2, 0.25) is 0 Å². The molecule has 0 amide bonds. The first-order valence-electron chi connectivity index (χ1n) is 4.16. The van der Waals surface area contributed by atoms with E-state index in [0.29, 0.717) is 6.54 Å². The van der Waals surface area contributed by atoms with Gasteiger partial charge in [-0.05, 0) is 6.54 Å². The number of rotatable bonds is 5. The normalized spacial score (nSPS) is 10.9. The summed E-state index contributed by atoms with van der Waals surface area (Å²) < 4.78 is 5.12. The highest BCUT2D eigenvalue weighted by molar-refractivity contribution is 4.87. The molecule has 4 heteroatoms. The van der Waals surface area contributed by atoms with Crippen molar-refractivity contribution in [3.05, 3.63) is 18.4 Å². The van der Waals surface area contributed by atoms with Gasteiger partial charge < -0.3 is 10.2 Å². The van der Waals surface area contributed by atoms with Gasteiger partial charge in [-0.15, -0.1) is 0 Å². The molecule has 0 unspecified atom stereocenters. The van der Waals surface area contributed by atoms with Crippen molar-refractivity contribution in [1.29, 1.82) is 0 Å². The molecule has 2 N–H and O–H groups in total. The van der Waals surface area contributed by atoms with Crippen LogP contribution in [0.3, 0.4) is 0 Å². The molecule has 1 aromatic heterocycles. The lowest BCUT2D eigenvalue weighted by Crippen LogP contribution is -2.28. The summed E-state index contributed by atoms with van der Waals surface area (Å²) in [7, 11) is 0. The Kier molecular flexibility index (Phi) is 3.76. The van der Waals surface area contributed by atoms with Crippen LogP contribution in [0.25, 0.3) is 0 Å². The molecule has 0 saturated heterocycles. The van der Waals surface area contributed by atoms with Crippen molar-refractivity contribution in [2.24, 2.45) is 5.73 Å². The zero-order chi connectivity index (χ0) is 8.81. The van der Waals surface area contributed by atoms with Crippen LogP contribution in [-0.2, 0) is 6.54 Å². The third-order valence-electron chi connectivity index (χ3n) is 1.76. The van der Waals surface area contributed by atoms with Gasteiger partial charge in [0.05, 0.1) is 12.7 Å². The first kappa shape index (κ1) is 9.22. The molecule has 68 valence electrons. The quantitative estimate of drug-likeness (QED) is 0.695. The molecule has 0 aromatic carbocycles. The molecule has 0 atom stereocenters. The van der Waals surface area contributed by atoms with Crippen molar-refractivity contribution in [2.45, 2.75) is 13.5 Å². The van der Waals surface area contributed by atoms with Crippen molar-refractivity contribution >= 4 is 0 Å². The van der Waals surface area contributed by atoms with E-state index in [-0.39, 0.29) is 0 Å². The van der Waals surface area contributed by atoms with Gasteiger partial charge in [0, 0.05) is 13.1 Å². The van der Waals surface area contributed by atoms with Crippen LogP contribution in [0.1, 0.15) is 12.7 Å². The molecule has 4 nitrogen and oxygen atoms in total. The summed E-state index contributed by atoms with van der Waals surface area (Å²) in [6.45, 7) is 5.47. The second-order valence-electron chi connectivity index (χ2n) is 2.63. The van der Waals surface area contributed by atoms with E-state index in [1.165, 1.54) is 6.39 Å². The van der Waals surface area contributed by atoms with Crippen LogP contribution in [0.4, 0.5) is 0 Å². The predicted octanol–water partition coefficient (Wildman–Crippen LogP) is 0.455. The summed E-state index contributed by atoms with van der Waals surface area (Å²) in [6.07, 6.45) is 3.19. The van der Waals surface area contributed by atoms with Gasteiger partial charge in [0.15, 0.2) is 6.39 Å². The Hall–Kier alpha value is -0.870. The van der Waals surface area contributed by atoms with Gasteiger partial charge in [0.1, 0.15) is 5.76 Å². The summed E-state index contributed by atoms with van der Waals surface area (Å²) in [5, 5.41) is 0. The van der Waals surface area contributed by atoms with Crippen LogP contribution < -0.4 is 5.73 Å². The van der Waals surface area contributed by atoms with Crippen LogP contribution >= 0.6 is 0 Å². The summed E-state index contributed by atoms with van der Waals surface area (Å²) in [4.78, 5) is 6.05. The fourth-order valence-corrected chi connectivity index (χ4v) is 1.07. The molecule has 0 fully saturated rings. The average Bonchev–Trinajstić information content (AvgIpc) is 2.56. The number of hydrogen-bond acceptors (Lipinski definition) is 4. The minimum absolute atomic E-state index is 0.683.